The van der Waals surface area contributed by atoms with Crippen LogP contribution < -0.4 is 0 Å². The van der Waals surface area contributed by atoms with Crippen LogP contribution in [0, 0.1) is 5.92 Å². The third-order valence-electron chi connectivity index (χ3n) is 2.71. The van der Waals surface area contributed by atoms with Crippen LogP contribution in [0.4, 0.5) is 0 Å². The van der Waals surface area contributed by atoms with Gasteiger partial charge in [-0.1, -0.05) is 0 Å². The second kappa shape index (κ2) is 6.05. The highest BCUT2D eigenvalue weighted by Gasteiger charge is 2.24. The highest BCUT2D eigenvalue weighted by atomic mass is 16.5. The lowest BCUT2D eigenvalue weighted by atomic mass is 9.96. The van der Waals surface area contributed by atoms with Gasteiger partial charge in [0.2, 0.25) is 0 Å². The monoisotopic (exact) mass is 217 g/mol. The van der Waals surface area contributed by atoms with Crippen LogP contribution >= 0.6 is 0 Å². The molecule has 5 heteroatoms. The first-order valence-corrected chi connectivity index (χ1v) is 5.37. The molecular weight excluding hydrogens is 198 g/mol. The number of likely N-dealkylation sites (tertiary alicyclic amines) is 1. The molecule has 0 saturated carbocycles. The van der Waals surface area contributed by atoms with E-state index in [0.29, 0.717) is 13.2 Å². The molecule has 88 valence electrons. The average molecular weight is 217 g/mol. The molecule has 2 N–H and O–H groups in total. The summed E-state index contributed by atoms with van der Waals surface area (Å²) in [6.07, 6.45) is 0.212. The van der Waals surface area contributed by atoms with Crippen LogP contribution in [0.3, 0.4) is 0 Å². The topological polar surface area (TPSA) is 70.0 Å². The fourth-order valence-corrected chi connectivity index (χ4v) is 1.80. The molecule has 1 saturated heterocycles. The fourth-order valence-electron chi connectivity index (χ4n) is 1.80. The zero-order valence-corrected chi connectivity index (χ0v) is 9.06. The molecule has 1 aliphatic heterocycles. The summed E-state index contributed by atoms with van der Waals surface area (Å²) in [4.78, 5) is 13.1. The molecule has 0 bridgehead atoms. The summed E-state index contributed by atoms with van der Waals surface area (Å²) in [6.45, 7) is 3.95. The number of esters is 1. The number of aliphatic hydroxyl groups is 2. The number of hydrogen-bond donors (Lipinski definition) is 2. The van der Waals surface area contributed by atoms with Crippen LogP contribution in [0.15, 0.2) is 0 Å². The van der Waals surface area contributed by atoms with Crippen LogP contribution in [0.2, 0.25) is 0 Å². The van der Waals surface area contributed by atoms with Crippen molar-refractivity contribution in [3.63, 3.8) is 0 Å². The van der Waals surface area contributed by atoms with Crippen LogP contribution in [0.1, 0.15) is 19.8 Å². The molecule has 0 unspecified atom stereocenters. The van der Waals surface area contributed by atoms with Gasteiger partial charge in [-0.3, -0.25) is 9.69 Å². The van der Waals surface area contributed by atoms with Crippen molar-refractivity contribution >= 4 is 5.97 Å². The van der Waals surface area contributed by atoms with Gasteiger partial charge in [0.05, 0.1) is 13.2 Å². The number of piperidine rings is 1. The van der Waals surface area contributed by atoms with Crippen molar-refractivity contribution in [1.82, 2.24) is 4.90 Å². The van der Waals surface area contributed by atoms with E-state index in [0.717, 1.165) is 25.9 Å². The Balaban J connectivity index is 2.22. The standard InChI is InChI=1S/C10H19NO4/c1-2-15-9(12)7-11-5-3-8(4-6-11)10(13)14/h8,10,13-14H,2-7H2,1H3. The average Bonchev–Trinajstić information content (AvgIpc) is 2.18. The summed E-state index contributed by atoms with van der Waals surface area (Å²) >= 11 is 0. The number of carbonyl (C=O) groups is 1. The second-order valence-corrected chi connectivity index (χ2v) is 3.83. The van der Waals surface area contributed by atoms with E-state index in [9.17, 15) is 4.79 Å². The molecule has 0 aliphatic carbocycles. The van der Waals surface area contributed by atoms with Crippen molar-refractivity contribution in [3.8, 4) is 0 Å². The molecule has 0 aromatic heterocycles. The second-order valence-electron chi connectivity index (χ2n) is 3.83. The molecule has 1 rings (SSSR count). The molecule has 1 heterocycles. The molecule has 0 amide bonds. The highest BCUT2D eigenvalue weighted by Crippen LogP contribution is 2.19. The number of ether oxygens (including phenoxy) is 1. The minimum atomic E-state index is -1.23. The van der Waals surface area contributed by atoms with Gasteiger partial charge < -0.3 is 14.9 Å². The van der Waals surface area contributed by atoms with E-state index < -0.39 is 6.29 Å². The molecule has 5 nitrogen and oxygen atoms in total. The zero-order chi connectivity index (χ0) is 11.3. The molecule has 0 atom stereocenters. The summed E-state index contributed by atoms with van der Waals surface area (Å²) in [5.41, 5.74) is 0. The Kier molecular flexibility index (Phi) is 5.01. The summed E-state index contributed by atoms with van der Waals surface area (Å²) < 4.78 is 4.84. The van der Waals surface area contributed by atoms with E-state index in [1.165, 1.54) is 0 Å². The summed E-state index contributed by atoms with van der Waals surface area (Å²) in [5.74, 6) is -0.260. The van der Waals surface area contributed by atoms with Gasteiger partial charge in [0.15, 0.2) is 6.29 Å². The number of carbonyl (C=O) groups excluding carboxylic acids is 1. The van der Waals surface area contributed by atoms with Crippen molar-refractivity contribution in [1.29, 1.82) is 0 Å². The summed E-state index contributed by atoms with van der Waals surface area (Å²) in [5, 5.41) is 17.9. The lowest BCUT2D eigenvalue weighted by Gasteiger charge is -2.31. The Morgan fingerprint density at radius 2 is 2.07 bits per heavy atom. The fraction of sp³-hybridized carbons (Fsp3) is 0.900. The van der Waals surface area contributed by atoms with Crippen molar-refractivity contribution < 1.29 is 19.7 Å². The van der Waals surface area contributed by atoms with Gasteiger partial charge in [-0.15, -0.1) is 0 Å². The maximum atomic E-state index is 11.2. The van der Waals surface area contributed by atoms with Gasteiger partial charge in [0.1, 0.15) is 0 Å². The van der Waals surface area contributed by atoms with E-state index in [4.69, 9.17) is 14.9 Å². The molecule has 0 aromatic rings. The van der Waals surface area contributed by atoms with Crippen molar-refractivity contribution in [2.75, 3.05) is 26.2 Å². The molecule has 1 fully saturated rings. The number of nitrogens with zero attached hydrogens (tertiary/aromatic N) is 1. The van der Waals surface area contributed by atoms with E-state index in [1.54, 1.807) is 6.92 Å². The normalized spacial score (nSPS) is 19.5. The molecule has 1 aliphatic rings. The quantitative estimate of drug-likeness (QED) is 0.494. The number of hydrogen-bond acceptors (Lipinski definition) is 5. The first kappa shape index (κ1) is 12.4. The van der Waals surface area contributed by atoms with Gasteiger partial charge in [-0.05, 0) is 32.9 Å². The molecule has 0 spiro atoms. The van der Waals surface area contributed by atoms with E-state index in [-0.39, 0.29) is 11.9 Å². The first-order valence-electron chi connectivity index (χ1n) is 5.37. The Bertz CT molecular complexity index is 200. The number of rotatable bonds is 4. The first-order chi connectivity index (χ1) is 7.13. The zero-order valence-electron chi connectivity index (χ0n) is 9.06. The van der Waals surface area contributed by atoms with Crippen molar-refractivity contribution in [2.45, 2.75) is 26.1 Å². The minimum absolute atomic E-state index is 0.0524. The Labute approximate surface area is 89.6 Å². The lowest BCUT2D eigenvalue weighted by molar-refractivity contribution is -0.145. The lowest BCUT2D eigenvalue weighted by Crippen LogP contribution is -2.40. The van der Waals surface area contributed by atoms with Crippen LogP contribution in [0.25, 0.3) is 0 Å². The Hall–Kier alpha value is -0.650. The minimum Gasteiger partial charge on any atom is -0.465 e. The SMILES string of the molecule is CCOC(=O)CN1CCC(C(O)O)CC1. The van der Waals surface area contributed by atoms with Crippen LogP contribution in [-0.2, 0) is 9.53 Å². The number of aliphatic hydroxyl groups excluding tert-OH is 1. The van der Waals surface area contributed by atoms with Crippen molar-refractivity contribution in [2.24, 2.45) is 5.92 Å². The maximum absolute atomic E-state index is 11.2. The van der Waals surface area contributed by atoms with E-state index in [2.05, 4.69) is 0 Å². The maximum Gasteiger partial charge on any atom is 0.320 e. The van der Waals surface area contributed by atoms with E-state index in [1.807, 2.05) is 4.90 Å². The molecule has 0 aromatic carbocycles. The third kappa shape index (κ3) is 4.15. The largest absolute Gasteiger partial charge is 0.465 e. The van der Waals surface area contributed by atoms with Gasteiger partial charge >= 0.3 is 5.97 Å². The molecular formula is C10H19NO4. The van der Waals surface area contributed by atoms with Gasteiger partial charge in [-0.2, -0.15) is 0 Å². The van der Waals surface area contributed by atoms with Gasteiger partial charge in [-0.25, -0.2) is 0 Å². The molecule has 15 heavy (non-hydrogen) atoms. The van der Waals surface area contributed by atoms with Gasteiger partial charge in [0, 0.05) is 5.92 Å². The van der Waals surface area contributed by atoms with Crippen molar-refractivity contribution in [3.05, 3.63) is 0 Å². The van der Waals surface area contributed by atoms with Crippen LogP contribution in [-0.4, -0.2) is 53.6 Å². The van der Waals surface area contributed by atoms with E-state index >= 15 is 0 Å². The van der Waals surface area contributed by atoms with Crippen LogP contribution in [0.5, 0.6) is 0 Å². The Morgan fingerprint density at radius 3 is 2.53 bits per heavy atom. The highest BCUT2D eigenvalue weighted by molar-refractivity contribution is 5.71. The predicted octanol–water partition coefficient (Wildman–Crippen LogP) is -0.428. The summed E-state index contributed by atoms with van der Waals surface area (Å²) in [6, 6.07) is 0. The Morgan fingerprint density at radius 1 is 1.47 bits per heavy atom. The third-order valence-corrected chi connectivity index (χ3v) is 2.71. The van der Waals surface area contributed by atoms with Gasteiger partial charge in [0.25, 0.3) is 0 Å². The summed E-state index contributed by atoms with van der Waals surface area (Å²) in [7, 11) is 0. The molecule has 0 radical (unpaired) electrons. The predicted molar refractivity (Wildman–Crippen MR) is 54.0 cm³/mol. The smallest absolute Gasteiger partial charge is 0.320 e.